The van der Waals surface area contributed by atoms with Gasteiger partial charge in [0.1, 0.15) is 0 Å². The van der Waals surface area contributed by atoms with Crippen LogP contribution >= 0.6 is 15.9 Å². The molecule has 0 fully saturated rings. The number of nitrogens with one attached hydrogen (secondary N) is 1. The highest BCUT2D eigenvalue weighted by Gasteiger charge is 2.37. The third kappa shape index (κ3) is 2.42. The number of para-hydroxylation sites is 1. The van der Waals surface area contributed by atoms with E-state index in [1.165, 1.54) is 4.90 Å². The number of sulfone groups is 1. The Morgan fingerprint density at radius 1 is 1.53 bits per heavy atom. The lowest BCUT2D eigenvalue weighted by Gasteiger charge is -2.33. The van der Waals surface area contributed by atoms with E-state index in [0.717, 1.165) is 0 Å². The Morgan fingerprint density at radius 3 is 2.84 bits per heavy atom. The standard InChI is InChI=1S/C12H15BrN2O3S/c1-8-7-15(11(16)6-14-2)12-9(13)4-3-5-10(12)19(8,17)18/h3-5,8,14H,6-7H2,1-2H3. The second-order valence-corrected chi connectivity index (χ2v) is 7.67. The van der Waals surface area contributed by atoms with Gasteiger partial charge in [0.25, 0.3) is 0 Å². The molecular weight excluding hydrogens is 332 g/mol. The number of hydrogen-bond donors (Lipinski definition) is 1. The number of nitrogens with zero attached hydrogens (tertiary/aromatic N) is 1. The van der Waals surface area contributed by atoms with Crippen LogP contribution in [0.1, 0.15) is 6.92 Å². The van der Waals surface area contributed by atoms with Crippen LogP contribution in [-0.2, 0) is 14.6 Å². The Kier molecular flexibility index (Phi) is 3.98. The summed E-state index contributed by atoms with van der Waals surface area (Å²) in [4.78, 5) is 13.9. The lowest BCUT2D eigenvalue weighted by Crippen LogP contribution is -2.47. The quantitative estimate of drug-likeness (QED) is 0.873. The summed E-state index contributed by atoms with van der Waals surface area (Å²) >= 11 is 3.33. The van der Waals surface area contributed by atoms with Crippen LogP contribution in [0.15, 0.2) is 27.6 Å². The third-order valence-corrected chi connectivity index (χ3v) is 5.92. The topological polar surface area (TPSA) is 66.5 Å². The number of anilines is 1. The highest BCUT2D eigenvalue weighted by Crippen LogP contribution is 2.39. The SMILES string of the molecule is CNCC(=O)N1CC(C)S(=O)(=O)c2cccc(Br)c21. The number of amides is 1. The van der Waals surface area contributed by atoms with E-state index in [-0.39, 0.29) is 23.9 Å². The molecule has 1 unspecified atom stereocenters. The summed E-state index contributed by atoms with van der Waals surface area (Å²) in [5.74, 6) is -0.141. The first-order valence-electron chi connectivity index (χ1n) is 5.87. The van der Waals surface area contributed by atoms with Crippen LogP contribution in [0, 0.1) is 0 Å². The highest BCUT2D eigenvalue weighted by molar-refractivity contribution is 9.10. The predicted octanol–water partition coefficient (Wildman–Crippen LogP) is 1.18. The number of hydrogen-bond acceptors (Lipinski definition) is 4. The number of carbonyl (C=O) groups is 1. The molecule has 1 aromatic rings. The van der Waals surface area contributed by atoms with Gasteiger partial charge in [-0.15, -0.1) is 0 Å². The fourth-order valence-corrected chi connectivity index (χ4v) is 4.37. The molecule has 2 rings (SSSR count). The zero-order valence-corrected chi connectivity index (χ0v) is 13.1. The van der Waals surface area contributed by atoms with Crippen molar-refractivity contribution in [2.24, 2.45) is 0 Å². The molecule has 1 amide bonds. The molecule has 1 aliphatic heterocycles. The van der Waals surface area contributed by atoms with Gasteiger partial charge in [-0.1, -0.05) is 6.07 Å². The van der Waals surface area contributed by atoms with Crippen LogP contribution < -0.4 is 10.2 Å². The summed E-state index contributed by atoms with van der Waals surface area (Å²) in [6.07, 6.45) is 0. The zero-order valence-electron chi connectivity index (χ0n) is 10.7. The van der Waals surface area contributed by atoms with Gasteiger partial charge < -0.3 is 10.2 Å². The largest absolute Gasteiger partial charge is 0.311 e. The minimum absolute atomic E-state index is 0.141. The molecule has 1 N–H and O–H groups in total. The van der Waals surface area contributed by atoms with Gasteiger partial charge >= 0.3 is 0 Å². The summed E-state index contributed by atoms with van der Waals surface area (Å²) in [5, 5.41) is 2.19. The van der Waals surface area contributed by atoms with Gasteiger partial charge in [-0.05, 0) is 42.0 Å². The second kappa shape index (κ2) is 5.22. The van der Waals surface area contributed by atoms with E-state index in [2.05, 4.69) is 21.2 Å². The molecule has 7 heteroatoms. The van der Waals surface area contributed by atoms with Crippen molar-refractivity contribution in [2.45, 2.75) is 17.1 Å². The first kappa shape index (κ1) is 14.5. The molecule has 104 valence electrons. The molecule has 0 spiro atoms. The number of fused-ring (bicyclic) bond motifs is 1. The van der Waals surface area contributed by atoms with Gasteiger partial charge in [-0.2, -0.15) is 0 Å². The Morgan fingerprint density at radius 2 is 2.21 bits per heavy atom. The van der Waals surface area contributed by atoms with Crippen molar-refractivity contribution in [3.63, 3.8) is 0 Å². The van der Waals surface area contributed by atoms with Gasteiger partial charge in [0.05, 0.1) is 22.4 Å². The minimum Gasteiger partial charge on any atom is -0.311 e. The maximum Gasteiger partial charge on any atom is 0.241 e. The Labute approximate surface area is 121 Å². The molecule has 0 saturated heterocycles. The molecule has 0 saturated carbocycles. The van der Waals surface area contributed by atoms with E-state index in [4.69, 9.17) is 0 Å². The van der Waals surface area contributed by atoms with Crippen LogP contribution in [0.2, 0.25) is 0 Å². The molecule has 0 bridgehead atoms. The van der Waals surface area contributed by atoms with E-state index in [9.17, 15) is 13.2 Å². The average molecular weight is 347 g/mol. The van der Waals surface area contributed by atoms with E-state index < -0.39 is 15.1 Å². The molecule has 5 nitrogen and oxygen atoms in total. The summed E-state index contributed by atoms with van der Waals surface area (Å²) in [5.41, 5.74) is 0.445. The molecule has 0 aromatic heterocycles. The van der Waals surface area contributed by atoms with Crippen molar-refractivity contribution in [1.29, 1.82) is 0 Å². The van der Waals surface area contributed by atoms with E-state index in [1.54, 1.807) is 32.2 Å². The Bertz CT molecular complexity index is 615. The molecule has 1 heterocycles. The maximum atomic E-state index is 12.3. The average Bonchev–Trinajstić information content (AvgIpc) is 2.34. The lowest BCUT2D eigenvalue weighted by molar-refractivity contribution is -0.117. The van der Waals surface area contributed by atoms with E-state index >= 15 is 0 Å². The predicted molar refractivity (Wildman–Crippen MR) is 77.1 cm³/mol. The van der Waals surface area contributed by atoms with Gasteiger partial charge in [0.15, 0.2) is 9.84 Å². The van der Waals surface area contributed by atoms with Crippen LogP contribution in [0.3, 0.4) is 0 Å². The minimum atomic E-state index is -3.37. The van der Waals surface area contributed by atoms with E-state index in [1.807, 2.05) is 0 Å². The second-order valence-electron chi connectivity index (χ2n) is 4.48. The van der Waals surface area contributed by atoms with Crippen molar-refractivity contribution in [3.05, 3.63) is 22.7 Å². The van der Waals surface area contributed by atoms with Crippen LogP contribution in [0.5, 0.6) is 0 Å². The first-order chi connectivity index (χ1) is 8.89. The normalized spacial score (nSPS) is 21.0. The van der Waals surface area contributed by atoms with Crippen molar-refractivity contribution >= 4 is 37.4 Å². The summed E-state index contributed by atoms with van der Waals surface area (Å²) in [6.45, 7) is 1.98. The maximum absolute atomic E-state index is 12.3. The molecule has 0 aliphatic carbocycles. The highest BCUT2D eigenvalue weighted by atomic mass is 79.9. The van der Waals surface area contributed by atoms with Gasteiger partial charge in [-0.3, -0.25) is 4.79 Å². The summed E-state index contributed by atoms with van der Waals surface area (Å²) < 4.78 is 25.2. The van der Waals surface area contributed by atoms with Gasteiger partial charge in [-0.25, -0.2) is 8.42 Å². The summed E-state index contributed by atoms with van der Waals surface area (Å²) in [7, 11) is -1.69. The number of benzene rings is 1. The van der Waals surface area contributed by atoms with Crippen LogP contribution in [0.25, 0.3) is 0 Å². The first-order valence-corrected chi connectivity index (χ1v) is 8.21. The van der Waals surface area contributed by atoms with Crippen LogP contribution in [0.4, 0.5) is 5.69 Å². The molecule has 1 atom stereocenters. The third-order valence-electron chi connectivity index (χ3n) is 3.12. The molecule has 19 heavy (non-hydrogen) atoms. The number of halogens is 1. The fraction of sp³-hybridized carbons (Fsp3) is 0.417. The molecule has 1 aliphatic rings. The van der Waals surface area contributed by atoms with Gasteiger partial charge in [0, 0.05) is 11.0 Å². The Hall–Kier alpha value is -0.920. The zero-order chi connectivity index (χ0) is 14.2. The van der Waals surface area contributed by atoms with Gasteiger partial charge in [0.2, 0.25) is 5.91 Å². The summed E-state index contributed by atoms with van der Waals surface area (Å²) in [6, 6.07) is 4.95. The van der Waals surface area contributed by atoms with Crippen molar-refractivity contribution < 1.29 is 13.2 Å². The number of carbonyl (C=O) groups excluding carboxylic acids is 1. The smallest absolute Gasteiger partial charge is 0.241 e. The monoisotopic (exact) mass is 346 g/mol. The van der Waals surface area contributed by atoms with Crippen molar-refractivity contribution in [1.82, 2.24) is 5.32 Å². The lowest BCUT2D eigenvalue weighted by atomic mass is 10.2. The molecule has 0 radical (unpaired) electrons. The Balaban J connectivity index is 2.61. The van der Waals surface area contributed by atoms with Crippen molar-refractivity contribution in [2.75, 3.05) is 25.0 Å². The van der Waals surface area contributed by atoms with Crippen LogP contribution in [-0.4, -0.2) is 39.7 Å². The number of likely N-dealkylation sites (N-methyl/N-ethyl adjacent to an activating group) is 1. The molecular formula is C12H15BrN2O3S. The van der Waals surface area contributed by atoms with Crippen molar-refractivity contribution in [3.8, 4) is 0 Å². The fourth-order valence-electron chi connectivity index (χ4n) is 2.12. The van der Waals surface area contributed by atoms with E-state index in [0.29, 0.717) is 10.2 Å². The number of rotatable bonds is 2. The molecule has 1 aromatic carbocycles.